The van der Waals surface area contributed by atoms with Crippen molar-refractivity contribution in [3.8, 4) is 5.75 Å². The average molecular weight is 246 g/mol. The molecule has 0 aromatic heterocycles. The zero-order chi connectivity index (χ0) is 10.9. The molecule has 0 saturated heterocycles. The second kappa shape index (κ2) is 12.6. The van der Waals surface area contributed by atoms with Crippen molar-refractivity contribution in [2.75, 3.05) is 0 Å². The quantitative estimate of drug-likeness (QED) is 0.546. The van der Waals surface area contributed by atoms with E-state index in [1.165, 1.54) is 0 Å². The summed E-state index contributed by atoms with van der Waals surface area (Å²) in [5.74, 6) is 0.414. The third kappa shape index (κ3) is 7.09. The summed E-state index contributed by atoms with van der Waals surface area (Å²) in [6, 6.07) is 5.72. The summed E-state index contributed by atoms with van der Waals surface area (Å²) in [4.78, 5) is 0. The molecular weight excluding hydrogens is 226 g/mol. The van der Waals surface area contributed by atoms with E-state index in [0.717, 1.165) is 11.1 Å². The van der Waals surface area contributed by atoms with Gasteiger partial charge in [0.15, 0.2) is 0 Å². The fourth-order valence-corrected chi connectivity index (χ4v) is 0.806. The van der Waals surface area contributed by atoms with Crippen LogP contribution in [0.15, 0.2) is 18.2 Å². The molecule has 0 radical (unpaired) electrons. The molecule has 1 aromatic rings. The second-order valence-corrected chi connectivity index (χ2v) is 2.24. The summed E-state index contributed by atoms with van der Waals surface area (Å²) in [6.07, 6.45) is 0. The fourth-order valence-electron chi connectivity index (χ4n) is 0.806. The van der Waals surface area contributed by atoms with Gasteiger partial charge >= 0.3 is 19.5 Å². The van der Waals surface area contributed by atoms with Gasteiger partial charge in [-0.25, -0.2) is 0 Å². The van der Waals surface area contributed by atoms with Crippen LogP contribution in [-0.4, -0.2) is 5.11 Å². The third-order valence-electron chi connectivity index (χ3n) is 1.44. The molecule has 0 aliphatic heterocycles. The maximum atomic E-state index is 9.21. The van der Waals surface area contributed by atoms with Gasteiger partial charge in [0.05, 0.1) is 0 Å². The van der Waals surface area contributed by atoms with E-state index in [4.69, 9.17) is 0 Å². The fraction of sp³-hybridized carbons (Fsp3) is 0.333. The number of hydrogen-bond acceptors (Lipinski definition) is 1. The average Bonchev–Trinajstić information content (AvgIpc) is 2.20. The van der Waals surface area contributed by atoms with Gasteiger partial charge in [-0.05, 0) is 25.0 Å². The number of benzene rings is 1. The van der Waals surface area contributed by atoms with Crippen molar-refractivity contribution in [3.63, 3.8) is 0 Å². The van der Waals surface area contributed by atoms with E-state index in [9.17, 15) is 5.11 Å². The standard InChI is InChI=1S/C8H10O.2C2H5.Zn/c1-6-4-3-5-7(2)8(6)9;2*1-2;/h3-5,9H,1-2H3;2*1H2,2H3;/q;2*-1;+2. The van der Waals surface area contributed by atoms with Gasteiger partial charge in [0.1, 0.15) is 5.75 Å². The van der Waals surface area contributed by atoms with Gasteiger partial charge in [0.25, 0.3) is 0 Å². The van der Waals surface area contributed by atoms with Gasteiger partial charge in [-0.2, -0.15) is 13.8 Å². The van der Waals surface area contributed by atoms with E-state index in [1.807, 2.05) is 32.0 Å². The van der Waals surface area contributed by atoms with Gasteiger partial charge in [-0.3, -0.25) is 0 Å². The molecule has 0 spiro atoms. The summed E-state index contributed by atoms with van der Waals surface area (Å²) in [5.41, 5.74) is 1.88. The van der Waals surface area contributed by atoms with E-state index < -0.39 is 0 Å². The monoisotopic (exact) mass is 244 g/mol. The predicted molar refractivity (Wildman–Crippen MR) is 59.6 cm³/mol. The number of phenolic OH excluding ortho intramolecular Hbond substituents is 1. The molecule has 1 N–H and O–H groups in total. The molecule has 2 heteroatoms. The molecule has 76 valence electrons. The minimum Gasteiger partial charge on any atom is -0.507 e. The van der Waals surface area contributed by atoms with Gasteiger partial charge in [0.2, 0.25) is 0 Å². The second-order valence-electron chi connectivity index (χ2n) is 2.24. The van der Waals surface area contributed by atoms with Crippen molar-refractivity contribution in [1.82, 2.24) is 0 Å². The van der Waals surface area contributed by atoms with Gasteiger partial charge in [-0.15, -0.1) is 0 Å². The summed E-state index contributed by atoms with van der Waals surface area (Å²) < 4.78 is 0. The number of para-hydroxylation sites is 1. The molecule has 0 aliphatic rings. The molecule has 14 heavy (non-hydrogen) atoms. The molecular formula is C12H20OZn. The summed E-state index contributed by atoms with van der Waals surface area (Å²) in [6.45, 7) is 13.8. The summed E-state index contributed by atoms with van der Waals surface area (Å²) in [5, 5.41) is 9.21. The molecule has 0 bridgehead atoms. The van der Waals surface area contributed by atoms with Crippen LogP contribution in [0.25, 0.3) is 0 Å². The zero-order valence-electron chi connectivity index (χ0n) is 9.80. The Morgan fingerprint density at radius 3 is 1.43 bits per heavy atom. The predicted octanol–water partition coefficient (Wildman–Crippen LogP) is 3.69. The molecule has 0 aliphatic carbocycles. The molecule has 0 heterocycles. The van der Waals surface area contributed by atoms with Crippen LogP contribution in [0.3, 0.4) is 0 Å². The van der Waals surface area contributed by atoms with E-state index in [-0.39, 0.29) is 19.5 Å². The Labute approximate surface area is 101 Å². The van der Waals surface area contributed by atoms with Gasteiger partial charge in [0, 0.05) is 0 Å². The van der Waals surface area contributed by atoms with Crippen LogP contribution in [0.4, 0.5) is 0 Å². The topological polar surface area (TPSA) is 20.2 Å². The molecule has 0 fully saturated rings. The van der Waals surface area contributed by atoms with Crippen LogP contribution < -0.4 is 0 Å². The van der Waals surface area contributed by atoms with Crippen molar-refractivity contribution in [2.24, 2.45) is 0 Å². The minimum atomic E-state index is 0. The smallest absolute Gasteiger partial charge is 0.507 e. The van der Waals surface area contributed by atoms with Crippen LogP contribution in [0.5, 0.6) is 5.75 Å². The zero-order valence-corrected chi connectivity index (χ0v) is 12.8. The molecule has 1 aromatic carbocycles. The number of aromatic hydroxyl groups is 1. The Hall–Kier alpha value is -0.357. The van der Waals surface area contributed by atoms with Crippen molar-refractivity contribution in [3.05, 3.63) is 43.2 Å². The molecule has 0 unspecified atom stereocenters. The first-order valence-electron chi connectivity index (χ1n) is 4.38. The maximum absolute atomic E-state index is 9.21. The van der Waals surface area contributed by atoms with E-state index in [1.54, 1.807) is 13.8 Å². The third-order valence-corrected chi connectivity index (χ3v) is 1.44. The Kier molecular flexibility index (Phi) is 17.4. The number of aryl methyl sites for hydroxylation is 2. The van der Waals surface area contributed by atoms with Crippen molar-refractivity contribution < 1.29 is 24.6 Å². The van der Waals surface area contributed by atoms with Crippen LogP contribution >= 0.6 is 0 Å². The van der Waals surface area contributed by atoms with Crippen LogP contribution in [0.2, 0.25) is 0 Å². The van der Waals surface area contributed by atoms with Gasteiger partial charge in [-0.1, -0.05) is 18.2 Å². The molecule has 0 atom stereocenters. The van der Waals surface area contributed by atoms with E-state index in [2.05, 4.69) is 13.8 Å². The SMILES string of the molecule is Cc1cccc(C)c1O.[CH2-]C.[CH2-]C.[Zn+2]. The van der Waals surface area contributed by atoms with Crippen molar-refractivity contribution >= 4 is 0 Å². The number of rotatable bonds is 0. The first kappa shape index (κ1) is 19.3. The largest absolute Gasteiger partial charge is 2.00 e. The Bertz CT molecular complexity index is 201. The van der Waals surface area contributed by atoms with Crippen molar-refractivity contribution in [2.45, 2.75) is 27.7 Å². The first-order chi connectivity index (χ1) is 6.22. The van der Waals surface area contributed by atoms with Crippen LogP contribution in [0.1, 0.15) is 25.0 Å². The molecule has 1 nitrogen and oxygen atoms in total. The normalized spacial score (nSPS) is 7.00. The Morgan fingerprint density at radius 1 is 0.929 bits per heavy atom. The van der Waals surface area contributed by atoms with E-state index >= 15 is 0 Å². The minimum absolute atomic E-state index is 0. The molecule has 0 amide bonds. The van der Waals surface area contributed by atoms with E-state index in [0.29, 0.717) is 5.75 Å². The number of hydrogen-bond donors (Lipinski definition) is 1. The van der Waals surface area contributed by atoms with Crippen LogP contribution in [-0.2, 0) is 19.5 Å². The Morgan fingerprint density at radius 2 is 1.21 bits per heavy atom. The maximum Gasteiger partial charge on any atom is 2.00 e. The Balaban J connectivity index is -0.000000216. The molecule has 0 saturated carbocycles. The summed E-state index contributed by atoms with van der Waals surface area (Å²) in [7, 11) is 0. The first-order valence-corrected chi connectivity index (χ1v) is 4.38. The van der Waals surface area contributed by atoms with Crippen LogP contribution in [0, 0.1) is 27.7 Å². The van der Waals surface area contributed by atoms with Gasteiger partial charge < -0.3 is 19.0 Å². The number of phenols is 1. The summed E-state index contributed by atoms with van der Waals surface area (Å²) >= 11 is 0. The molecule has 1 rings (SSSR count). The van der Waals surface area contributed by atoms with Crippen molar-refractivity contribution in [1.29, 1.82) is 0 Å².